The van der Waals surface area contributed by atoms with Crippen LogP contribution in [0.25, 0.3) is 0 Å². The number of aromatic hydroxyl groups is 1. The van der Waals surface area contributed by atoms with Crippen LogP contribution in [-0.2, 0) is 11.2 Å². The van der Waals surface area contributed by atoms with Crippen molar-refractivity contribution < 1.29 is 9.90 Å². The fourth-order valence-corrected chi connectivity index (χ4v) is 1.95. The van der Waals surface area contributed by atoms with Crippen LogP contribution in [0.15, 0.2) is 24.3 Å². The number of likely N-dealkylation sites (tertiary alicyclic amines) is 1. The molecule has 1 unspecified atom stereocenters. The van der Waals surface area contributed by atoms with Crippen LogP contribution in [0, 0.1) is 0 Å². The summed E-state index contributed by atoms with van der Waals surface area (Å²) < 4.78 is 0. The van der Waals surface area contributed by atoms with Gasteiger partial charge in [-0.05, 0) is 12.5 Å². The number of benzene rings is 1. The Labute approximate surface area is 94.7 Å². The quantitative estimate of drug-likeness (QED) is 0.762. The van der Waals surface area contributed by atoms with Crippen LogP contribution in [0.2, 0.25) is 0 Å². The van der Waals surface area contributed by atoms with Crippen molar-refractivity contribution in [3.8, 4) is 5.75 Å². The molecule has 1 saturated heterocycles. The topological polar surface area (TPSA) is 66.6 Å². The minimum atomic E-state index is 0.0365. The zero-order valence-corrected chi connectivity index (χ0v) is 9.10. The minimum absolute atomic E-state index is 0.0365. The van der Waals surface area contributed by atoms with Crippen molar-refractivity contribution in [1.82, 2.24) is 4.90 Å². The van der Waals surface area contributed by atoms with Crippen LogP contribution >= 0.6 is 0 Å². The molecule has 1 aliphatic rings. The van der Waals surface area contributed by atoms with Gasteiger partial charge in [0, 0.05) is 24.7 Å². The highest BCUT2D eigenvalue weighted by Crippen LogP contribution is 2.18. The first-order chi connectivity index (χ1) is 7.66. The number of phenols is 1. The molecule has 1 aliphatic heterocycles. The number of carbonyl (C=O) groups is 1. The second-order valence-electron chi connectivity index (χ2n) is 4.19. The second-order valence-corrected chi connectivity index (χ2v) is 4.19. The van der Waals surface area contributed by atoms with Gasteiger partial charge in [0.05, 0.1) is 6.42 Å². The first-order valence-electron chi connectivity index (χ1n) is 5.47. The maximum Gasteiger partial charge on any atom is 0.227 e. The molecule has 1 aromatic rings. The molecule has 3 N–H and O–H groups in total. The third-order valence-electron chi connectivity index (χ3n) is 2.91. The van der Waals surface area contributed by atoms with Crippen molar-refractivity contribution in [2.24, 2.45) is 5.73 Å². The Kier molecular flexibility index (Phi) is 3.10. The van der Waals surface area contributed by atoms with Gasteiger partial charge in [0.15, 0.2) is 0 Å². The molecule has 4 nitrogen and oxygen atoms in total. The van der Waals surface area contributed by atoms with Gasteiger partial charge < -0.3 is 15.7 Å². The van der Waals surface area contributed by atoms with E-state index in [4.69, 9.17) is 5.73 Å². The van der Waals surface area contributed by atoms with Gasteiger partial charge in [0.1, 0.15) is 5.75 Å². The third kappa shape index (κ3) is 2.33. The Bertz CT molecular complexity index is 392. The molecule has 16 heavy (non-hydrogen) atoms. The number of rotatable bonds is 2. The van der Waals surface area contributed by atoms with E-state index < -0.39 is 0 Å². The summed E-state index contributed by atoms with van der Waals surface area (Å²) in [5.41, 5.74) is 6.42. The van der Waals surface area contributed by atoms with Gasteiger partial charge >= 0.3 is 0 Å². The van der Waals surface area contributed by atoms with E-state index in [0.717, 1.165) is 13.0 Å². The number of nitrogens with two attached hydrogens (primary N) is 1. The number of hydrogen-bond acceptors (Lipinski definition) is 3. The Hall–Kier alpha value is -1.55. The van der Waals surface area contributed by atoms with E-state index in [1.807, 2.05) is 6.07 Å². The summed E-state index contributed by atoms with van der Waals surface area (Å²) in [6, 6.07) is 7.03. The lowest BCUT2D eigenvalue weighted by Crippen LogP contribution is -2.32. The molecule has 0 aliphatic carbocycles. The zero-order valence-electron chi connectivity index (χ0n) is 9.10. The summed E-state index contributed by atoms with van der Waals surface area (Å²) in [7, 11) is 0. The van der Waals surface area contributed by atoms with Crippen molar-refractivity contribution in [2.45, 2.75) is 18.9 Å². The number of amides is 1. The predicted molar refractivity (Wildman–Crippen MR) is 61.0 cm³/mol. The van der Waals surface area contributed by atoms with Gasteiger partial charge in [-0.25, -0.2) is 0 Å². The van der Waals surface area contributed by atoms with Gasteiger partial charge in [-0.1, -0.05) is 18.2 Å². The number of hydrogen-bond donors (Lipinski definition) is 2. The Morgan fingerprint density at radius 3 is 2.88 bits per heavy atom. The average Bonchev–Trinajstić information content (AvgIpc) is 2.68. The van der Waals surface area contributed by atoms with Crippen molar-refractivity contribution in [1.29, 1.82) is 0 Å². The molecular formula is C12H16N2O2. The Morgan fingerprint density at radius 1 is 1.50 bits per heavy atom. The van der Waals surface area contributed by atoms with Crippen LogP contribution in [0.3, 0.4) is 0 Å². The number of phenolic OH excluding ortho intramolecular Hbond substituents is 1. The highest BCUT2D eigenvalue weighted by Gasteiger charge is 2.23. The van der Waals surface area contributed by atoms with Crippen LogP contribution in [-0.4, -0.2) is 35.0 Å². The summed E-state index contributed by atoms with van der Waals surface area (Å²) in [5.74, 6) is 0.216. The standard InChI is InChI=1S/C12H16N2O2/c13-10-5-6-14(8-10)12(16)7-9-3-1-2-4-11(9)15/h1-4,10,15H,5-8,13H2. The molecule has 1 amide bonds. The fraction of sp³-hybridized carbons (Fsp3) is 0.417. The van der Waals surface area contributed by atoms with Crippen LogP contribution in [0.1, 0.15) is 12.0 Å². The lowest BCUT2D eigenvalue weighted by Gasteiger charge is -2.15. The Balaban J connectivity index is 2.00. The van der Waals surface area contributed by atoms with Crippen molar-refractivity contribution in [3.05, 3.63) is 29.8 Å². The molecule has 0 spiro atoms. The molecule has 1 heterocycles. The Morgan fingerprint density at radius 2 is 2.25 bits per heavy atom. The van der Waals surface area contributed by atoms with Crippen molar-refractivity contribution >= 4 is 5.91 Å². The zero-order chi connectivity index (χ0) is 11.5. The van der Waals surface area contributed by atoms with E-state index in [2.05, 4.69) is 0 Å². The molecule has 0 bridgehead atoms. The highest BCUT2D eigenvalue weighted by molar-refractivity contribution is 5.79. The van der Waals surface area contributed by atoms with Gasteiger partial charge in [0.2, 0.25) is 5.91 Å². The third-order valence-corrected chi connectivity index (χ3v) is 2.91. The first kappa shape index (κ1) is 11.0. The summed E-state index contributed by atoms with van der Waals surface area (Å²) in [6.07, 6.45) is 1.12. The molecule has 1 aromatic carbocycles. The second kappa shape index (κ2) is 4.53. The monoisotopic (exact) mass is 220 g/mol. The van der Waals surface area contributed by atoms with E-state index in [-0.39, 0.29) is 24.1 Å². The molecule has 86 valence electrons. The van der Waals surface area contributed by atoms with Crippen molar-refractivity contribution in [3.63, 3.8) is 0 Å². The van der Waals surface area contributed by atoms with Crippen LogP contribution in [0.4, 0.5) is 0 Å². The average molecular weight is 220 g/mol. The van der Waals surface area contributed by atoms with E-state index in [0.29, 0.717) is 12.1 Å². The number of carbonyl (C=O) groups excluding carboxylic acids is 1. The summed E-state index contributed by atoms with van der Waals surface area (Å²) >= 11 is 0. The van der Waals surface area contributed by atoms with Crippen molar-refractivity contribution in [2.75, 3.05) is 13.1 Å². The van der Waals surface area contributed by atoms with Gasteiger partial charge in [-0.2, -0.15) is 0 Å². The maximum absolute atomic E-state index is 11.9. The van der Waals surface area contributed by atoms with Crippen LogP contribution in [0.5, 0.6) is 5.75 Å². The normalized spacial score (nSPS) is 20.1. The number of nitrogens with zero attached hydrogens (tertiary/aromatic N) is 1. The van der Waals surface area contributed by atoms with Gasteiger partial charge in [0.25, 0.3) is 0 Å². The molecular weight excluding hydrogens is 204 g/mol. The fourth-order valence-electron chi connectivity index (χ4n) is 1.95. The molecule has 0 radical (unpaired) electrons. The smallest absolute Gasteiger partial charge is 0.227 e. The minimum Gasteiger partial charge on any atom is -0.508 e. The molecule has 1 fully saturated rings. The molecule has 2 rings (SSSR count). The van der Waals surface area contributed by atoms with Gasteiger partial charge in [-0.3, -0.25) is 4.79 Å². The summed E-state index contributed by atoms with van der Waals surface area (Å²) in [4.78, 5) is 13.6. The SMILES string of the molecule is NC1CCN(C(=O)Cc2ccccc2O)C1. The van der Waals surface area contributed by atoms with Crippen LogP contribution < -0.4 is 5.73 Å². The van der Waals surface area contributed by atoms with E-state index in [1.54, 1.807) is 23.1 Å². The predicted octanol–water partition coefficient (Wildman–Crippen LogP) is 0.494. The highest BCUT2D eigenvalue weighted by atomic mass is 16.3. The lowest BCUT2D eigenvalue weighted by atomic mass is 10.1. The number of para-hydroxylation sites is 1. The van der Waals surface area contributed by atoms with E-state index in [9.17, 15) is 9.90 Å². The molecule has 0 saturated carbocycles. The van der Waals surface area contributed by atoms with Gasteiger partial charge in [-0.15, -0.1) is 0 Å². The summed E-state index contributed by atoms with van der Waals surface area (Å²) in [5, 5.41) is 9.56. The first-order valence-corrected chi connectivity index (χ1v) is 5.47. The molecule has 1 atom stereocenters. The van der Waals surface area contributed by atoms with E-state index in [1.165, 1.54) is 0 Å². The van der Waals surface area contributed by atoms with E-state index >= 15 is 0 Å². The lowest BCUT2D eigenvalue weighted by molar-refractivity contribution is -0.129. The molecule has 0 aromatic heterocycles. The summed E-state index contributed by atoms with van der Waals surface area (Å²) in [6.45, 7) is 1.36. The molecule has 4 heteroatoms. The largest absolute Gasteiger partial charge is 0.508 e. The maximum atomic E-state index is 11.9.